The standard InChI is InChI=1S/C28H28N2O6S/c31-25-21-5-1-2-6-22(21)26(32)29(25)17-9-13-19(14-10-17)37(35,36)20-15-11-18(12-16-20)30-27(33)23-7-3-4-8-24(23)28(30)34/h9-16,21-24H,1-8H2. The Kier molecular flexibility index (Phi) is 5.78. The van der Waals surface area contributed by atoms with E-state index in [0.29, 0.717) is 37.1 Å². The van der Waals surface area contributed by atoms with Crippen LogP contribution < -0.4 is 9.80 Å². The summed E-state index contributed by atoms with van der Waals surface area (Å²) in [5.41, 5.74) is 0.762. The normalized spacial score (nSPS) is 28.0. The predicted molar refractivity (Wildman–Crippen MR) is 134 cm³/mol. The number of sulfone groups is 1. The molecule has 4 aliphatic rings. The molecule has 4 unspecified atom stereocenters. The Morgan fingerprint density at radius 1 is 0.486 bits per heavy atom. The minimum absolute atomic E-state index is 0.0276. The van der Waals surface area contributed by atoms with E-state index in [1.54, 1.807) is 0 Å². The molecule has 0 bridgehead atoms. The molecule has 192 valence electrons. The van der Waals surface area contributed by atoms with Gasteiger partial charge in [-0.15, -0.1) is 0 Å². The SMILES string of the molecule is O=C1C2CCCCC2C(=O)N1c1ccc(S(=O)(=O)c2ccc(N3C(=O)C4CCCCC4C3=O)cc2)cc1. The first kappa shape index (κ1) is 24.0. The van der Waals surface area contributed by atoms with Gasteiger partial charge < -0.3 is 0 Å². The number of carbonyl (C=O) groups excluding carboxylic acids is 4. The highest BCUT2D eigenvalue weighted by molar-refractivity contribution is 7.91. The molecule has 4 fully saturated rings. The molecule has 6 rings (SSSR count). The fourth-order valence-corrected chi connectivity index (χ4v) is 7.78. The summed E-state index contributed by atoms with van der Waals surface area (Å²) in [6.45, 7) is 0. The minimum Gasteiger partial charge on any atom is -0.274 e. The molecule has 4 amide bonds. The average Bonchev–Trinajstić information content (AvgIpc) is 3.33. The minimum atomic E-state index is -3.89. The van der Waals surface area contributed by atoms with E-state index >= 15 is 0 Å². The van der Waals surface area contributed by atoms with Gasteiger partial charge in [0.2, 0.25) is 33.5 Å². The molecule has 0 N–H and O–H groups in total. The zero-order valence-corrected chi connectivity index (χ0v) is 21.2. The predicted octanol–water partition coefficient (Wildman–Crippen LogP) is 3.88. The van der Waals surface area contributed by atoms with Crippen molar-refractivity contribution in [2.45, 2.75) is 61.2 Å². The lowest BCUT2D eigenvalue weighted by Crippen LogP contribution is -2.30. The first-order valence-corrected chi connectivity index (χ1v) is 14.5. The van der Waals surface area contributed by atoms with Crippen LogP contribution in [0, 0.1) is 23.7 Å². The molecule has 2 heterocycles. The van der Waals surface area contributed by atoms with E-state index < -0.39 is 9.84 Å². The largest absolute Gasteiger partial charge is 0.274 e. The number of nitrogens with zero attached hydrogens (tertiary/aromatic N) is 2. The Labute approximate surface area is 215 Å². The number of hydrogen-bond acceptors (Lipinski definition) is 6. The van der Waals surface area contributed by atoms with Crippen LogP contribution in [0.5, 0.6) is 0 Å². The van der Waals surface area contributed by atoms with Gasteiger partial charge in [0, 0.05) is 0 Å². The smallest absolute Gasteiger partial charge is 0.237 e. The van der Waals surface area contributed by atoms with Crippen LogP contribution in [0.15, 0.2) is 58.3 Å². The summed E-state index contributed by atoms with van der Waals surface area (Å²) >= 11 is 0. The molecular weight excluding hydrogens is 492 g/mol. The van der Waals surface area contributed by atoms with Gasteiger partial charge in [-0.1, -0.05) is 25.7 Å². The zero-order valence-electron chi connectivity index (χ0n) is 20.3. The lowest BCUT2D eigenvalue weighted by atomic mass is 9.81. The average molecular weight is 521 g/mol. The third kappa shape index (κ3) is 3.74. The van der Waals surface area contributed by atoms with E-state index in [4.69, 9.17) is 0 Å². The van der Waals surface area contributed by atoms with E-state index in [-0.39, 0.29) is 57.1 Å². The van der Waals surface area contributed by atoms with Crippen LogP contribution >= 0.6 is 0 Å². The second-order valence-corrected chi connectivity index (χ2v) is 12.5. The summed E-state index contributed by atoms with van der Waals surface area (Å²) in [4.78, 5) is 53.9. The maximum absolute atomic E-state index is 13.3. The Morgan fingerprint density at radius 2 is 0.757 bits per heavy atom. The lowest BCUT2D eigenvalue weighted by Gasteiger charge is -2.19. The quantitative estimate of drug-likeness (QED) is 0.566. The van der Waals surface area contributed by atoms with Gasteiger partial charge >= 0.3 is 0 Å². The summed E-state index contributed by atoms with van der Waals surface area (Å²) in [5.74, 6) is -1.91. The van der Waals surface area contributed by atoms with Crippen molar-refractivity contribution < 1.29 is 27.6 Å². The highest BCUT2D eigenvalue weighted by atomic mass is 32.2. The molecule has 8 nitrogen and oxygen atoms in total. The number of imide groups is 2. The molecule has 2 saturated carbocycles. The number of hydrogen-bond donors (Lipinski definition) is 0. The van der Waals surface area contributed by atoms with Crippen molar-refractivity contribution in [1.82, 2.24) is 0 Å². The van der Waals surface area contributed by atoms with Crippen molar-refractivity contribution in [3.8, 4) is 0 Å². The van der Waals surface area contributed by atoms with Crippen LogP contribution in [0.4, 0.5) is 11.4 Å². The second kappa shape index (κ2) is 8.90. The molecule has 37 heavy (non-hydrogen) atoms. The number of fused-ring (bicyclic) bond motifs is 2. The van der Waals surface area contributed by atoms with Crippen molar-refractivity contribution in [1.29, 1.82) is 0 Å². The Hall–Kier alpha value is -3.33. The third-order valence-corrected chi connectivity index (χ3v) is 10.3. The van der Waals surface area contributed by atoms with Gasteiger partial charge in [0.15, 0.2) is 0 Å². The molecule has 2 saturated heterocycles. The van der Waals surface area contributed by atoms with E-state index in [1.165, 1.54) is 58.3 Å². The molecule has 2 aromatic carbocycles. The van der Waals surface area contributed by atoms with E-state index in [1.807, 2.05) is 0 Å². The van der Waals surface area contributed by atoms with Gasteiger partial charge in [-0.2, -0.15) is 0 Å². The maximum Gasteiger partial charge on any atom is 0.237 e. The monoisotopic (exact) mass is 520 g/mol. The van der Waals surface area contributed by atoms with Crippen LogP contribution in [-0.4, -0.2) is 32.0 Å². The molecule has 0 aromatic heterocycles. The topological polar surface area (TPSA) is 109 Å². The summed E-state index contributed by atoms with van der Waals surface area (Å²) in [5, 5.41) is 0. The molecule has 0 spiro atoms. The van der Waals surface area contributed by atoms with Crippen molar-refractivity contribution in [3.63, 3.8) is 0 Å². The van der Waals surface area contributed by atoms with Crippen LogP contribution in [-0.2, 0) is 29.0 Å². The number of rotatable bonds is 4. The first-order chi connectivity index (χ1) is 17.8. The Balaban J connectivity index is 1.22. The highest BCUT2D eigenvalue weighted by Gasteiger charge is 2.49. The van der Waals surface area contributed by atoms with Crippen LogP contribution in [0.25, 0.3) is 0 Å². The van der Waals surface area contributed by atoms with Gasteiger partial charge in [-0.3, -0.25) is 29.0 Å². The summed E-state index contributed by atoms with van der Waals surface area (Å²) in [7, 11) is -3.89. The van der Waals surface area contributed by atoms with Gasteiger partial charge in [0.1, 0.15) is 0 Å². The van der Waals surface area contributed by atoms with E-state index in [0.717, 1.165) is 25.7 Å². The number of anilines is 2. The summed E-state index contributed by atoms with van der Waals surface area (Å²) < 4.78 is 26.5. The van der Waals surface area contributed by atoms with Gasteiger partial charge in [-0.05, 0) is 74.2 Å². The van der Waals surface area contributed by atoms with E-state index in [9.17, 15) is 27.6 Å². The molecule has 2 aliphatic carbocycles. The molecular formula is C28H28N2O6S. The molecule has 0 radical (unpaired) electrons. The van der Waals surface area contributed by atoms with Gasteiger partial charge in [-0.25, -0.2) is 8.42 Å². The van der Waals surface area contributed by atoms with E-state index in [2.05, 4.69) is 0 Å². The third-order valence-electron chi connectivity index (χ3n) is 8.49. The first-order valence-electron chi connectivity index (χ1n) is 13.0. The maximum atomic E-state index is 13.3. The summed E-state index contributed by atoms with van der Waals surface area (Å²) in [6, 6.07) is 11.6. The van der Waals surface area contributed by atoms with Crippen molar-refractivity contribution in [2.24, 2.45) is 23.7 Å². The van der Waals surface area contributed by atoms with Gasteiger partial charge in [0.25, 0.3) is 0 Å². The molecule has 2 aromatic rings. The van der Waals surface area contributed by atoms with Crippen molar-refractivity contribution in [2.75, 3.05) is 9.80 Å². The fourth-order valence-electron chi connectivity index (χ4n) is 6.52. The van der Waals surface area contributed by atoms with Crippen molar-refractivity contribution in [3.05, 3.63) is 48.5 Å². The molecule has 9 heteroatoms. The second-order valence-electron chi connectivity index (χ2n) is 10.5. The fraction of sp³-hybridized carbons (Fsp3) is 0.429. The zero-order chi connectivity index (χ0) is 25.9. The lowest BCUT2D eigenvalue weighted by molar-refractivity contribution is -0.124. The van der Waals surface area contributed by atoms with Crippen molar-refractivity contribution >= 4 is 44.8 Å². The highest BCUT2D eigenvalue weighted by Crippen LogP contribution is 2.41. The number of benzene rings is 2. The van der Waals surface area contributed by atoms with Crippen LogP contribution in [0.2, 0.25) is 0 Å². The number of amides is 4. The van der Waals surface area contributed by atoms with Crippen LogP contribution in [0.1, 0.15) is 51.4 Å². The molecule has 2 aliphatic heterocycles. The number of carbonyl (C=O) groups is 4. The molecule has 4 atom stereocenters. The van der Waals surface area contributed by atoms with Crippen LogP contribution in [0.3, 0.4) is 0 Å². The van der Waals surface area contributed by atoms with Gasteiger partial charge in [0.05, 0.1) is 44.8 Å². The Morgan fingerprint density at radius 3 is 1.03 bits per heavy atom. The Bertz CT molecular complexity index is 1250. The summed E-state index contributed by atoms with van der Waals surface area (Å²) in [6.07, 6.45) is 6.59.